The number of carbonyl (C=O) groups excluding carboxylic acids is 1. The number of para-hydroxylation sites is 1. The van der Waals surface area contributed by atoms with Crippen molar-refractivity contribution in [1.29, 1.82) is 0 Å². The molecule has 1 aromatic rings. The van der Waals surface area contributed by atoms with Crippen LogP contribution in [-0.4, -0.2) is 11.9 Å². The van der Waals surface area contributed by atoms with Gasteiger partial charge in [-0.1, -0.05) is 18.2 Å². The minimum atomic E-state index is -1.30. The number of guanidine groups is 1. The molecule has 0 heterocycles. The van der Waals surface area contributed by atoms with Crippen molar-refractivity contribution in [3.05, 3.63) is 29.8 Å². The van der Waals surface area contributed by atoms with Crippen molar-refractivity contribution in [3.8, 4) is 0 Å². The molecule has 1 rings (SSSR count). The molecule has 13 heavy (non-hydrogen) atoms. The molecule has 0 aliphatic rings. The second-order valence-electron chi connectivity index (χ2n) is 2.34. The van der Waals surface area contributed by atoms with Crippen molar-refractivity contribution in [2.45, 2.75) is 0 Å². The van der Waals surface area contributed by atoms with Crippen LogP contribution in [0.25, 0.3) is 0 Å². The van der Waals surface area contributed by atoms with Gasteiger partial charge < -0.3 is 21.4 Å². The summed E-state index contributed by atoms with van der Waals surface area (Å²) in [6, 6.07) is 6.06. The number of nitrogens with zero attached hydrogens (tertiary/aromatic N) is 1. The molecule has 0 fully saturated rings. The molecule has 5 heteroatoms. The van der Waals surface area contributed by atoms with E-state index in [2.05, 4.69) is 4.99 Å². The molecule has 0 aliphatic heterocycles. The number of hydrogen-bond donors (Lipinski definition) is 2. The van der Waals surface area contributed by atoms with Gasteiger partial charge in [0, 0.05) is 5.56 Å². The number of nitrogens with two attached hydrogens (primary N) is 2. The van der Waals surface area contributed by atoms with Gasteiger partial charge in [-0.05, 0) is 6.07 Å². The number of carboxylic acids is 1. The lowest BCUT2D eigenvalue weighted by molar-refractivity contribution is -0.254. The third-order valence-corrected chi connectivity index (χ3v) is 1.37. The molecule has 0 bridgehead atoms. The van der Waals surface area contributed by atoms with E-state index in [-0.39, 0.29) is 17.2 Å². The fraction of sp³-hybridized carbons (Fsp3) is 0. The van der Waals surface area contributed by atoms with Gasteiger partial charge in [0.1, 0.15) is 0 Å². The molecule has 0 unspecified atom stereocenters. The largest absolute Gasteiger partial charge is 0.545 e. The highest BCUT2D eigenvalue weighted by Gasteiger charge is 2.00. The van der Waals surface area contributed by atoms with Crippen molar-refractivity contribution in [1.82, 2.24) is 0 Å². The van der Waals surface area contributed by atoms with Crippen LogP contribution in [0.4, 0.5) is 5.69 Å². The predicted molar refractivity (Wildman–Crippen MR) is 46.2 cm³/mol. The highest BCUT2D eigenvalue weighted by molar-refractivity contribution is 5.93. The molecule has 0 aliphatic carbocycles. The molecule has 0 aromatic heterocycles. The van der Waals surface area contributed by atoms with Crippen LogP contribution in [-0.2, 0) is 0 Å². The molecular weight excluding hydrogens is 170 g/mol. The zero-order chi connectivity index (χ0) is 9.84. The molecule has 0 amide bonds. The molecular formula is C8H8N3O2-. The zero-order valence-electron chi connectivity index (χ0n) is 6.73. The maximum Gasteiger partial charge on any atom is 0.191 e. The van der Waals surface area contributed by atoms with Gasteiger partial charge in [-0.25, -0.2) is 4.99 Å². The van der Waals surface area contributed by atoms with Crippen LogP contribution in [0, 0.1) is 0 Å². The first-order valence-corrected chi connectivity index (χ1v) is 3.51. The van der Waals surface area contributed by atoms with Gasteiger partial charge in [0.05, 0.1) is 11.7 Å². The first-order chi connectivity index (χ1) is 6.11. The molecule has 1 aromatic carbocycles. The second-order valence-corrected chi connectivity index (χ2v) is 2.34. The SMILES string of the molecule is NC(N)=Nc1ccccc1C(=O)[O-]. The highest BCUT2D eigenvalue weighted by atomic mass is 16.4. The molecule has 0 spiro atoms. The summed E-state index contributed by atoms with van der Waals surface area (Å²) in [5.74, 6) is -1.49. The Morgan fingerprint density at radius 2 is 1.92 bits per heavy atom. The monoisotopic (exact) mass is 178 g/mol. The lowest BCUT2D eigenvalue weighted by Gasteiger charge is -2.05. The normalized spacial score (nSPS) is 9.23. The van der Waals surface area contributed by atoms with Crippen molar-refractivity contribution in [2.24, 2.45) is 16.5 Å². The number of carbonyl (C=O) groups is 1. The first kappa shape index (κ1) is 9.05. The molecule has 0 saturated heterocycles. The van der Waals surface area contributed by atoms with E-state index in [4.69, 9.17) is 11.5 Å². The molecule has 0 radical (unpaired) electrons. The average molecular weight is 178 g/mol. The summed E-state index contributed by atoms with van der Waals surface area (Å²) in [5.41, 5.74) is 10.4. The van der Waals surface area contributed by atoms with Crippen LogP contribution in [0.1, 0.15) is 10.4 Å². The van der Waals surface area contributed by atoms with E-state index in [0.717, 1.165) is 0 Å². The van der Waals surface area contributed by atoms with Gasteiger partial charge in [-0.3, -0.25) is 0 Å². The number of aromatic carboxylic acids is 1. The Bertz CT molecular complexity index is 356. The van der Waals surface area contributed by atoms with E-state index in [1.807, 2.05) is 0 Å². The minimum Gasteiger partial charge on any atom is -0.545 e. The standard InChI is InChI=1S/C8H9N3O2/c9-8(10)11-6-4-2-1-3-5(6)7(12)13/h1-4H,(H,12,13)(H4,9,10,11)/p-1. The minimum absolute atomic E-state index is 0.0316. The van der Waals surface area contributed by atoms with Gasteiger partial charge in [0.2, 0.25) is 0 Å². The first-order valence-electron chi connectivity index (χ1n) is 3.51. The Morgan fingerprint density at radius 1 is 1.31 bits per heavy atom. The maximum absolute atomic E-state index is 10.5. The Balaban J connectivity index is 3.20. The van der Waals surface area contributed by atoms with E-state index >= 15 is 0 Å². The van der Waals surface area contributed by atoms with Crippen LogP contribution in [0.3, 0.4) is 0 Å². The summed E-state index contributed by atoms with van der Waals surface area (Å²) in [7, 11) is 0. The van der Waals surface area contributed by atoms with E-state index in [1.165, 1.54) is 12.1 Å². The summed E-state index contributed by atoms with van der Waals surface area (Å²) in [6.07, 6.45) is 0. The van der Waals surface area contributed by atoms with Gasteiger partial charge in [-0.2, -0.15) is 0 Å². The van der Waals surface area contributed by atoms with Crippen LogP contribution in [0.15, 0.2) is 29.3 Å². The number of rotatable bonds is 2. The summed E-state index contributed by atoms with van der Waals surface area (Å²) in [4.78, 5) is 14.2. The van der Waals surface area contributed by atoms with Crippen LogP contribution < -0.4 is 16.6 Å². The van der Waals surface area contributed by atoms with Crippen molar-refractivity contribution < 1.29 is 9.90 Å². The summed E-state index contributed by atoms with van der Waals surface area (Å²) >= 11 is 0. The Morgan fingerprint density at radius 3 is 2.46 bits per heavy atom. The number of hydrogen-bond acceptors (Lipinski definition) is 3. The van der Waals surface area contributed by atoms with Gasteiger partial charge in [0.25, 0.3) is 0 Å². The Hall–Kier alpha value is -2.04. The van der Waals surface area contributed by atoms with Gasteiger partial charge in [-0.15, -0.1) is 0 Å². The van der Waals surface area contributed by atoms with Crippen molar-refractivity contribution in [2.75, 3.05) is 0 Å². The second kappa shape index (κ2) is 3.57. The van der Waals surface area contributed by atoms with E-state index < -0.39 is 5.97 Å². The lowest BCUT2D eigenvalue weighted by atomic mass is 10.2. The summed E-state index contributed by atoms with van der Waals surface area (Å²) in [6.45, 7) is 0. The lowest BCUT2D eigenvalue weighted by Crippen LogP contribution is -2.24. The Kier molecular flexibility index (Phi) is 2.49. The van der Waals surface area contributed by atoms with Crippen LogP contribution >= 0.6 is 0 Å². The van der Waals surface area contributed by atoms with Crippen LogP contribution in [0.2, 0.25) is 0 Å². The van der Waals surface area contributed by atoms with E-state index in [0.29, 0.717) is 0 Å². The molecule has 68 valence electrons. The quantitative estimate of drug-likeness (QED) is 0.445. The molecule has 0 saturated carbocycles. The number of aliphatic imine (C=N–C) groups is 1. The highest BCUT2D eigenvalue weighted by Crippen LogP contribution is 2.16. The molecule has 5 nitrogen and oxygen atoms in total. The van der Waals surface area contributed by atoms with Gasteiger partial charge in [0.15, 0.2) is 5.96 Å². The van der Waals surface area contributed by atoms with E-state index in [1.54, 1.807) is 12.1 Å². The van der Waals surface area contributed by atoms with Crippen molar-refractivity contribution >= 4 is 17.6 Å². The van der Waals surface area contributed by atoms with Crippen molar-refractivity contribution in [3.63, 3.8) is 0 Å². The fourth-order valence-corrected chi connectivity index (χ4v) is 0.883. The number of carboxylic acid groups (broad SMARTS) is 1. The third-order valence-electron chi connectivity index (χ3n) is 1.37. The summed E-state index contributed by atoms with van der Waals surface area (Å²) < 4.78 is 0. The summed E-state index contributed by atoms with van der Waals surface area (Å²) in [5, 5.41) is 10.5. The Labute approximate surface area is 74.7 Å². The molecule has 4 N–H and O–H groups in total. The average Bonchev–Trinajstić information content (AvgIpc) is 2.03. The predicted octanol–water partition coefficient (Wildman–Crippen LogP) is -1.05. The number of benzene rings is 1. The zero-order valence-corrected chi connectivity index (χ0v) is 6.73. The smallest absolute Gasteiger partial charge is 0.191 e. The fourth-order valence-electron chi connectivity index (χ4n) is 0.883. The van der Waals surface area contributed by atoms with E-state index in [9.17, 15) is 9.90 Å². The molecule has 0 atom stereocenters. The van der Waals surface area contributed by atoms with Gasteiger partial charge >= 0.3 is 0 Å². The topological polar surface area (TPSA) is 105 Å². The maximum atomic E-state index is 10.5. The van der Waals surface area contributed by atoms with Crippen LogP contribution in [0.5, 0.6) is 0 Å². The third kappa shape index (κ3) is 2.19.